The summed E-state index contributed by atoms with van der Waals surface area (Å²) in [7, 11) is 0. The summed E-state index contributed by atoms with van der Waals surface area (Å²) in [5.74, 6) is 0.391. The first-order valence-corrected chi connectivity index (χ1v) is 16.0. The first-order chi connectivity index (χ1) is 19.7. The summed E-state index contributed by atoms with van der Waals surface area (Å²) in [4.78, 5) is 37.1. The van der Waals surface area contributed by atoms with Crippen LogP contribution in [0.5, 0.6) is 5.75 Å². The Balaban J connectivity index is 1.32. The monoisotopic (exact) mass is 583 g/mol. The number of ketones is 1. The number of anilines is 1. The van der Waals surface area contributed by atoms with E-state index in [0.717, 1.165) is 51.4 Å². The lowest BCUT2D eigenvalue weighted by atomic mass is 9.98. The molecule has 1 aliphatic rings. The highest BCUT2D eigenvalue weighted by Gasteiger charge is 2.42. The predicted molar refractivity (Wildman–Crippen MR) is 164 cm³/mol. The van der Waals surface area contributed by atoms with Crippen LogP contribution in [0.25, 0.3) is 0 Å². The number of rotatable bonds is 17. The number of aliphatic hydroxyl groups is 2. The van der Waals surface area contributed by atoms with E-state index < -0.39 is 11.7 Å². The van der Waals surface area contributed by atoms with Gasteiger partial charge in [0.15, 0.2) is 0 Å². The maximum Gasteiger partial charge on any atom is 0.311 e. The Labute approximate surface area is 248 Å². The minimum absolute atomic E-state index is 0.120. The Morgan fingerprint density at radius 2 is 1.71 bits per heavy atom. The number of esters is 1. The van der Waals surface area contributed by atoms with Gasteiger partial charge in [-0.3, -0.25) is 14.4 Å². The van der Waals surface area contributed by atoms with Gasteiger partial charge in [0, 0.05) is 41.0 Å². The minimum atomic E-state index is -0.787. The Kier molecular flexibility index (Phi) is 13.4. The van der Waals surface area contributed by atoms with Gasteiger partial charge in [0.1, 0.15) is 11.5 Å². The van der Waals surface area contributed by atoms with Gasteiger partial charge in [-0.1, -0.05) is 63.6 Å². The van der Waals surface area contributed by atoms with E-state index in [1.54, 1.807) is 60.3 Å². The average molecular weight is 584 g/mol. The summed E-state index contributed by atoms with van der Waals surface area (Å²) in [6.45, 7) is 3.98. The van der Waals surface area contributed by atoms with Crippen molar-refractivity contribution in [2.45, 2.75) is 101 Å². The van der Waals surface area contributed by atoms with Crippen molar-refractivity contribution in [1.82, 2.24) is 0 Å². The van der Waals surface area contributed by atoms with Crippen molar-refractivity contribution < 1.29 is 29.3 Å². The normalized spacial score (nSPS) is 20.0. The van der Waals surface area contributed by atoms with E-state index in [1.807, 2.05) is 13.0 Å². The molecule has 0 unspecified atom stereocenters. The van der Waals surface area contributed by atoms with Crippen LogP contribution < -0.4 is 10.1 Å². The van der Waals surface area contributed by atoms with Gasteiger partial charge in [-0.2, -0.15) is 11.8 Å². The van der Waals surface area contributed by atoms with Gasteiger partial charge < -0.3 is 20.3 Å². The number of unbranched alkanes of at least 4 members (excludes halogenated alkanes) is 5. The molecule has 0 heterocycles. The molecule has 7 nitrogen and oxygen atoms in total. The van der Waals surface area contributed by atoms with Crippen LogP contribution in [0, 0.1) is 5.92 Å². The molecule has 0 spiro atoms. The van der Waals surface area contributed by atoms with Crippen LogP contribution in [0.3, 0.4) is 0 Å². The number of nitrogens with one attached hydrogen (secondary N) is 1. The van der Waals surface area contributed by atoms with Gasteiger partial charge in [-0.05, 0) is 62.6 Å². The van der Waals surface area contributed by atoms with Gasteiger partial charge in [-0.25, -0.2) is 0 Å². The number of hydrogen-bond acceptors (Lipinski definition) is 7. The average Bonchev–Trinajstić information content (AvgIpc) is 3.22. The van der Waals surface area contributed by atoms with E-state index in [-0.39, 0.29) is 35.2 Å². The highest BCUT2D eigenvalue weighted by atomic mass is 32.2. The van der Waals surface area contributed by atoms with Crippen LogP contribution in [0.15, 0.2) is 54.6 Å². The van der Waals surface area contributed by atoms with Gasteiger partial charge in [0.05, 0.1) is 11.7 Å². The SMILES string of the molecule is CCCCC[C@](C)(O)CS[C@H]1[C@H](O)CC(=O)[C@@H]1CCCCCCC(=O)Oc1ccc(NC(=O)c2ccccc2)cc1. The smallest absolute Gasteiger partial charge is 0.311 e. The molecule has 1 amide bonds. The number of amides is 1. The molecular weight excluding hydrogens is 538 g/mol. The zero-order valence-corrected chi connectivity index (χ0v) is 25.2. The van der Waals surface area contributed by atoms with E-state index in [4.69, 9.17) is 4.74 Å². The van der Waals surface area contributed by atoms with E-state index >= 15 is 0 Å². The van der Waals surface area contributed by atoms with E-state index in [9.17, 15) is 24.6 Å². The van der Waals surface area contributed by atoms with Crippen molar-refractivity contribution in [3.8, 4) is 5.75 Å². The second-order valence-corrected chi connectivity index (χ2v) is 12.5. The van der Waals surface area contributed by atoms with Gasteiger partial charge >= 0.3 is 5.97 Å². The quantitative estimate of drug-likeness (QED) is 0.110. The Morgan fingerprint density at radius 1 is 1.00 bits per heavy atom. The van der Waals surface area contributed by atoms with Crippen LogP contribution in [0.4, 0.5) is 5.69 Å². The standard InChI is InChI=1S/C33H45NO6S/c1-3-4-12-21-33(2,39)23-41-31-27(28(35)22-29(31)36)15-10-5-6-11-16-30(37)40-26-19-17-25(18-20-26)34-32(38)24-13-8-7-9-14-24/h7-9,13-14,17-20,27,29,31,36,39H,3-6,10-12,15-16,21-23H2,1-2H3,(H,34,38)/t27-,29+,31+,33-/m0/s1. The molecule has 1 fully saturated rings. The molecule has 2 aromatic rings. The van der Waals surface area contributed by atoms with Gasteiger partial charge in [-0.15, -0.1) is 0 Å². The lowest BCUT2D eigenvalue weighted by Crippen LogP contribution is -2.32. The molecule has 224 valence electrons. The Hall–Kier alpha value is -2.68. The van der Waals surface area contributed by atoms with Crippen LogP contribution in [-0.4, -0.2) is 50.6 Å². The number of carbonyl (C=O) groups is 3. The number of ether oxygens (including phenoxy) is 1. The van der Waals surface area contributed by atoms with E-state index in [0.29, 0.717) is 35.6 Å². The topological polar surface area (TPSA) is 113 Å². The number of benzene rings is 2. The molecule has 2 aromatic carbocycles. The van der Waals surface area contributed by atoms with Crippen LogP contribution in [0.2, 0.25) is 0 Å². The number of thioether (sulfide) groups is 1. The summed E-state index contributed by atoms with van der Waals surface area (Å²) in [6.07, 6.45) is 7.81. The Morgan fingerprint density at radius 3 is 2.41 bits per heavy atom. The largest absolute Gasteiger partial charge is 0.427 e. The molecular formula is C33H45NO6S. The maximum absolute atomic E-state index is 12.5. The molecule has 1 aliphatic carbocycles. The molecule has 0 saturated heterocycles. The summed E-state index contributed by atoms with van der Waals surface area (Å²) < 4.78 is 5.42. The molecule has 0 bridgehead atoms. The third-order valence-electron chi connectivity index (χ3n) is 7.53. The van der Waals surface area contributed by atoms with E-state index in [1.165, 1.54) is 0 Å². The predicted octanol–water partition coefficient (Wildman–Crippen LogP) is 6.57. The molecule has 0 radical (unpaired) electrons. The fraction of sp³-hybridized carbons (Fsp3) is 0.545. The fourth-order valence-electron chi connectivity index (χ4n) is 5.15. The third-order valence-corrected chi connectivity index (χ3v) is 9.35. The number of Topliss-reactive ketones (excluding diaryl/α,β-unsaturated/α-hetero) is 1. The van der Waals surface area contributed by atoms with Crippen molar-refractivity contribution in [2.24, 2.45) is 5.92 Å². The highest BCUT2D eigenvalue weighted by Crippen LogP contribution is 2.38. The fourth-order valence-corrected chi connectivity index (χ4v) is 6.68. The molecule has 0 aliphatic heterocycles. The molecule has 8 heteroatoms. The highest BCUT2D eigenvalue weighted by molar-refractivity contribution is 8.00. The molecule has 3 rings (SSSR count). The molecule has 1 saturated carbocycles. The lowest BCUT2D eigenvalue weighted by Gasteiger charge is -2.27. The first-order valence-electron chi connectivity index (χ1n) is 14.9. The summed E-state index contributed by atoms with van der Waals surface area (Å²) in [5.41, 5.74) is 0.395. The van der Waals surface area contributed by atoms with Crippen molar-refractivity contribution in [1.29, 1.82) is 0 Å². The minimum Gasteiger partial charge on any atom is -0.427 e. The van der Waals surface area contributed by atoms with Crippen LogP contribution >= 0.6 is 11.8 Å². The third kappa shape index (κ3) is 11.3. The molecule has 3 N–H and O–H groups in total. The first kappa shape index (κ1) is 32.8. The molecule has 0 aromatic heterocycles. The summed E-state index contributed by atoms with van der Waals surface area (Å²) >= 11 is 1.54. The number of aliphatic hydroxyl groups excluding tert-OH is 1. The van der Waals surface area contributed by atoms with Crippen molar-refractivity contribution in [3.05, 3.63) is 60.2 Å². The van der Waals surface area contributed by atoms with Crippen molar-refractivity contribution in [2.75, 3.05) is 11.1 Å². The van der Waals surface area contributed by atoms with Gasteiger partial charge in [0.25, 0.3) is 5.91 Å². The summed E-state index contributed by atoms with van der Waals surface area (Å²) in [5, 5.41) is 23.8. The van der Waals surface area contributed by atoms with Crippen LogP contribution in [-0.2, 0) is 9.59 Å². The maximum atomic E-state index is 12.5. The number of hydrogen-bond donors (Lipinski definition) is 3. The zero-order valence-electron chi connectivity index (χ0n) is 24.3. The van der Waals surface area contributed by atoms with Crippen molar-refractivity contribution >= 4 is 35.1 Å². The lowest BCUT2D eigenvalue weighted by molar-refractivity contribution is -0.134. The van der Waals surface area contributed by atoms with Crippen LogP contribution in [0.1, 0.15) is 94.8 Å². The number of carbonyl (C=O) groups excluding carboxylic acids is 3. The Bertz CT molecular complexity index is 1100. The van der Waals surface area contributed by atoms with Gasteiger partial charge in [0.2, 0.25) is 0 Å². The second-order valence-electron chi connectivity index (χ2n) is 11.3. The molecule has 41 heavy (non-hydrogen) atoms. The molecule has 4 atom stereocenters. The zero-order chi connectivity index (χ0) is 29.7. The second kappa shape index (κ2) is 16.7. The summed E-state index contributed by atoms with van der Waals surface area (Å²) in [6, 6.07) is 15.6. The van der Waals surface area contributed by atoms with Crippen molar-refractivity contribution in [3.63, 3.8) is 0 Å². The van der Waals surface area contributed by atoms with E-state index in [2.05, 4.69) is 12.2 Å².